The van der Waals surface area contributed by atoms with E-state index in [9.17, 15) is 4.79 Å². The number of hydrogen-bond acceptors (Lipinski definition) is 3. The second kappa shape index (κ2) is 8.40. The molecule has 0 saturated carbocycles. The van der Waals surface area contributed by atoms with Crippen LogP contribution in [0.5, 0.6) is 0 Å². The Bertz CT molecular complexity index is 920. The molecule has 0 spiro atoms. The van der Waals surface area contributed by atoms with Crippen molar-refractivity contribution in [2.24, 2.45) is 0 Å². The van der Waals surface area contributed by atoms with Crippen LogP contribution in [0.15, 0.2) is 66.9 Å². The first-order valence-corrected chi connectivity index (χ1v) is 9.86. The fraction of sp³-hybridized carbons (Fsp3) is 0.304. The maximum Gasteiger partial charge on any atom is 0.276 e. The molecule has 4 rings (SSSR count). The van der Waals surface area contributed by atoms with Crippen molar-refractivity contribution in [3.8, 4) is 0 Å². The summed E-state index contributed by atoms with van der Waals surface area (Å²) in [5, 5.41) is 0. The Kier molecular flexibility index (Phi) is 5.53. The van der Waals surface area contributed by atoms with E-state index >= 15 is 0 Å². The standard InChI is InChI=1S/C23H26N4O/c1-25(20-10-6-3-7-11-20)23(28)21-18-24-22-13-15-26(16-17-27(21)22)14-12-19-8-4-2-5-9-19/h2-11,18H,12-17H2,1H3. The molecule has 0 bridgehead atoms. The average molecular weight is 374 g/mol. The van der Waals surface area contributed by atoms with Crippen molar-refractivity contribution < 1.29 is 4.79 Å². The Balaban J connectivity index is 1.43. The van der Waals surface area contributed by atoms with Crippen molar-refractivity contribution in [3.05, 3.63) is 83.9 Å². The third-order valence-corrected chi connectivity index (χ3v) is 5.46. The number of fused-ring (bicyclic) bond motifs is 1. The van der Waals surface area contributed by atoms with Crippen LogP contribution in [0, 0.1) is 0 Å². The molecular formula is C23H26N4O. The first-order chi connectivity index (χ1) is 13.7. The Labute approximate surface area is 166 Å². The van der Waals surface area contributed by atoms with E-state index < -0.39 is 0 Å². The molecular weight excluding hydrogens is 348 g/mol. The van der Waals surface area contributed by atoms with Gasteiger partial charge in [-0.3, -0.25) is 4.79 Å². The molecule has 144 valence electrons. The van der Waals surface area contributed by atoms with Crippen LogP contribution in [-0.2, 0) is 19.4 Å². The van der Waals surface area contributed by atoms with Gasteiger partial charge in [-0.2, -0.15) is 0 Å². The fourth-order valence-corrected chi connectivity index (χ4v) is 3.74. The normalized spacial score (nSPS) is 14.3. The molecule has 3 aromatic rings. The Morgan fingerprint density at radius 1 is 1.00 bits per heavy atom. The highest BCUT2D eigenvalue weighted by Gasteiger charge is 2.23. The summed E-state index contributed by atoms with van der Waals surface area (Å²) < 4.78 is 2.10. The number of imidazole rings is 1. The number of carbonyl (C=O) groups is 1. The molecule has 1 aliphatic rings. The lowest BCUT2D eigenvalue weighted by Gasteiger charge is -2.20. The number of nitrogens with zero attached hydrogens (tertiary/aromatic N) is 4. The highest BCUT2D eigenvalue weighted by molar-refractivity contribution is 6.04. The van der Waals surface area contributed by atoms with Gasteiger partial charge in [-0.15, -0.1) is 0 Å². The van der Waals surface area contributed by atoms with E-state index in [0.29, 0.717) is 5.69 Å². The highest BCUT2D eigenvalue weighted by atomic mass is 16.2. The molecule has 2 heterocycles. The molecule has 2 aromatic carbocycles. The zero-order chi connectivity index (χ0) is 19.3. The summed E-state index contributed by atoms with van der Waals surface area (Å²) >= 11 is 0. The molecule has 0 unspecified atom stereocenters. The number of hydrogen-bond donors (Lipinski definition) is 0. The van der Waals surface area contributed by atoms with E-state index in [0.717, 1.165) is 50.5 Å². The largest absolute Gasteiger partial charge is 0.323 e. The maximum absolute atomic E-state index is 13.0. The molecule has 0 saturated heterocycles. The van der Waals surface area contributed by atoms with Gasteiger partial charge in [0.25, 0.3) is 5.91 Å². The molecule has 0 atom stereocenters. The van der Waals surface area contributed by atoms with Gasteiger partial charge in [0.1, 0.15) is 11.5 Å². The van der Waals surface area contributed by atoms with Crippen molar-refractivity contribution in [1.82, 2.24) is 14.5 Å². The van der Waals surface area contributed by atoms with Gasteiger partial charge in [0.2, 0.25) is 0 Å². The minimum atomic E-state index is -0.0114. The molecule has 5 heteroatoms. The lowest BCUT2D eigenvalue weighted by molar-refractivity contribution is 0.0983. The third kappa shape index (κ3) is 3.99. The van der Waals surface area contributed by atoms with Crippen molar-refractivity contribution in [1.29, 1.82) is 0 Å². The predicted molar refractivity (Wildman–Crippen MR) is 112 cm³/mol. The SMILES string of the molecule is CN(C(=O)c1cnc2n1CCN(CCc1ccccc1)CC2)c1ccccc1. The van der Waals surface area contributed by atoms with Crippen molar-refractivity contribution in [2.75, 3.05) is 31.6 Å². The van der Waals surface area contributed by atoms with E-state index in [-0.39, 0.29) is 5.91 Å². The van der Waals surface area contributed by atoms with Crippen molar-refractivity contribution >= 4 is 11.6 Å². The van der Waals surface area contributed by atoms with Crippen LogP contribution in [0.2, 0.25) is 0 Å². The van der Waals surface area contributed by atoms with Crippen LogP contribution in [0.4, 0.5) is 5.69 Å². The van der Waals surface area contributed by atoms with Crippen molar-refractivity contribution in [2.45, 2.75) is 19.4 Å². The number of amides is 1. The quantitative estimate of drug-likeness (QED) is 0.688. The smallest absolute Gasteiger partial charge is 0.276 e. The van der Waals surface area contributed by atoms with E-state index in [1.165, 1.54) is 5.56 Å². The predicted octanol–water partition coefficient (Wildman–Crippen LogP) is 3.26. The van der Waals surface area contributed by atoms with Crippen LogP contribution in [0.1, 0.15) is 21.9 Å². The topological polar surface area (TPSA) is 41.4 Å². The van der Waals surface area contributed by atoms with Gasteiger partial charge in [-0.05, 0) is 24.1 Å². The summed E-state index contributed by atoms with van der Waals surface area (Å²) in [6.45, 7) is 3.74. The number of aromatic nitrogens is 2. The van der Waals surface area contributed by atoms with Crippen molar-refractivity contribution in [3.63, 3.8) is 0 Å². The van der Waals surface area contributed by atoms with Gasteiger partial charge in [-0.25, -0.2) is 4.98 Å². The lowest BCUT2D eigenvalue weighted by atomic mass is 10.1. The van der Waals surface area contributed by atoms with Crippen LogP contribution >= 0.6 is 0 Å². The Hall–Kier alpha value is -2.92. The first-order valence-electron chi connectivity index (χ1n) is 9.86. The van der Waals surface area contributed by atoms with Crippen LogP contribution < -0.4 is 4.90 Å². The fourth-order valence-electron chi connectivity index (χ4n) is 3.74. The molecule has 0 N–H and O–H groups in total. The van der Waals surface area contributed by atoms with E-state index in [2.05, 4.69) is 44.8 Å². The molecule has 28 heavy (non-hydrogen) atoms. The van der Waals surface area contributed by atoms with Crippen LogP contribution in [0.25, 0.3) is 0 Å². The number of rotatable bonds is 5. The van der Waals surface area contributed by atoms with Gasteiger partial charge in [-0.1, -0.05) is 48.5 Å². The molecule has 5 nitrogen and oxygen atoms in total. The average Bonchev–Trinajstić information content (AvgIpc) is 3.05. The maximum atomic E-state index is 13.0. The molecule has 1 aliphatic heterocycles. The Morgan fingerprint density at radius 3 is 2.46 bits per heavy atom. The Morgan fingerprint density at radius 2 is 1.71 bits per heavy atom. The number of benzene rings is 2. The second-order valence-electron chi connectivity index (χ2n) is 7.24. The van der Waals surface area contributed by atoms with Gasteiger partial charge < -0.3 is 14.4 Å². The van der Waals surface area contributed by atoms with Crippen LogP contribution in [0.3, 0.4) is 0 Å². The first kappa shape index (κ1) is 18.4. The zero-order valence-corrected chi connectivity index (χ0v) is 16.3. The minimum Gasteiger partial charge on any atom is -0.323 e. The van der Waals surface area contributed by atoms with E-state index in [1.54, 1.807) is 11.1 Å². The summed E-state index contributed by atoms with van der Waals surface area (Å²) in [6.07, 6.45) is 3.65. The molecule has 0 radical (unpaired) electrons. The third-order valence-electron chi connectivity index (χ3n) is 5.46. The summed E-state index contributed by atoms with van der Waals surface area (Å²) in [5.41, 5.74) is 2.93. The number of carbonyl (C=O) groups excluding carboxylic acids is 1. The summed E-state index contributed by atoms with van der Waals surface area (Å²) in [5.74, 6) is 0.995. The number of para-hydroxylation sites is 1. The molecule has 1 amide bonds. The van der Waals surface area contributed by atoms with Gasteiger partial charge >= 0.3 is 0 Å². The summed E-state index contributed by atoms with van der Waals surface area (Å²) in [6, 6.07) is 20.3. The second-order valence-corrected chi connectivity index (χ2v) is 7.24. The van der Waals surface area contributed by atoms with Gasteiger partial charge in [0.05, 0.1) is 6.20 Å². The van der Waals surface area contributed by atoms with E-state index in [1.807, 2.05) is 37.4 Å². The highest BCUT2D eigenvalue weighted by Crippen LogP contribution is 2.18. The molecule has 0 fully saturated rings. The number of anilines is 1. The summed E-state index contributed by atoms with van der Waals surface area (Å²) in [7, 11) is 1.82. The molecule has 0 aliphatic carbocycles. The van der Waals surface area contributed by atoms with Gasteiger partial charge in [0.15, 0.2) is 0 Å². The molecule has 1 aromatic heterocycles. The van der Waals surface area contributed by atoms with Gasteiger partial charge in [0, 0.05) is 45.3 Å². The minimum absolute atomic E-state index is 0.0114. The summed E-state index contributed by atoms with van der Waals surface area (Å²) in [4.78, 5) is 21.8. The monoisotopic (exact) mass is 374 g/mol. The van der Waals surface area contributed by atoms with Crippen LogP contribution in [-0.4, -0.2) is 47.0 Å². The lowest BCUT2D eigenvalue weighted by Crippen LogP contribution is -2.31. The zero-order valence-electron chi connectivity index (χ0n) is 16.3. The van der Waals surface area contributed by atoms with E-state index in [4.69, 9.17) is 0 Å².